The summed E-state index contributed by atoms with van der Waals surface area (Å²) in [6.07, 6.45) is 3.18. The van der Waals surface area contributed by atoms with Crippen LogP contribution in [0, 0.1) is 0 Å². The number of aromatic amines is 1. The van der Waals surface area contributed by atoms with E-state index >= 15 is 0 Å². The van der Waals surface area contributed by atoms with E-state index in [4.69, 9.17) is 9.47 Å². The van der Waals surface area contributed by atoms with Gasteiger partial charge in [-0.2, -0.15) is 0 Å². The zero-order chi connectivity index (χ0) is 19.9. The van der Waals surface area contributed by atoms with Gasteiger partial charge in [-0.15, -0.1) is 11.3 Å². The molecule has 2 aromatic carbocycles. The van der Waals surface area contributed by atoms with E-state index in [2.05, 4.69) is 64.3 Å². The van der Waals surface area contributed by atoms with Crippen LogP contribution in [0.1, 0.15) is 22.9 Å². The highest BCUT2D eigenvalue weighted by molar-refractivity contribution is 7.09. The number of H-pyrrole nitrogens is 1. The Balaban J connectivity index is 1.32. The molecule has 2 aromatic heterocycles. The van der Waals surface area contributed by atoms with E-state index < -0.39 is 0 Å². The first-order chi connectivity index (χ1) is 14.3. The second kappa shape index (κ2) is 9.63. The lowest BCUT2D eigenvalue weighted by atomic mass is 10.1. The van der Waals surface area contributed by atoms with Gasteiger partial charge in [-0.1, -0.05) is 24.3 Å². The van der Waals surface area contributed by atoms with E-state index in [0.29, 0.717) is 13.2 Å². The normalized spacial score (nSPS) is 11.1. The first-order valence-corrected chi connectivity index (χ1v) is 11.0. The maximum Gasteiger partial charge on any atom is 0.161 e. The number of fused-ring (bicyclic) bond motifs is 1. The van der Waals surface area contributed by atoms with Gasteiger partial charge in [0.15, 0.2) is 11.5 Å². The van der Waals surface area contributed by atoms with Gasteiger partial charge in [0, 0.05) is 34.0 Å². The van der Waals surface area contributed by atoms with Gasteiger partial charge < -0.3 is 19.8 Å². The van der Waals surface area contributed by atoms with Crippen LogP contribution in [0.4, 0.5) is 0 Å². The minimum absolute atomic E-state index is 0.577. The average Bonchev–Trinajstić information content (AvgIpc) is 3.41. The number of hydrogen-bond donors (Lipinski definition) is 2. The van der Waals surface area contributed by atoms with Crippen LogP contribution in [0.5, 0.6) is 11.5 Å². The minimum atomic E-state index is 0.577. The van der Waals surface area contributed by atoms with Crippen LogP contribution in [0.15, 0.2) is 66.2 Å². The molecular formula is C24H27N2O2S+. The Morgan fingerprint density at radius 3 is 2.79 bits per heavy atom. The van der Waals surface area contributed by atoms with Crippen molar-refractivity contribution < 1.29 is 14.8 Å². The predicted molar refractivity (Wildman–Crippen MR) is 119 cm³/mol. The molecule has 0 amide bonds. The van der Waals surface area contributed by atoms with Crippen LogP contribution in [0.25, 0.3) is 10.9 Å². The fourth-order valence-electron chi connectivity index (χ4n) is 3.48. The molecule has 0 radical (unpaired) electrons. The van der Waals surface area contributed by atoms with Crippen molar-refractivity contribution in [2.45, 2.75) is 26.5 Å². The number of nitrogens with one attached hydrogen (secondary N) is 1. The Kier molecular flexibility index (Phi) is 6.49. The number of aromatic nitrogens is 1. The molecule has 0 bridgehead atoms. The summed E-state index contributed by atoms with van der Waals surface area (Å²) in [5.41, 5.74) is 3.84. The second-order valence-electron chi connectivity index (χ2n) is 6.97. The average molecular weight is 408 g/mol. The SMILES string of the molecule is CCOc1cc(C[NH2+]CCc2c[nH]c3ccccc23)ccc1OCc1cccs1. The fraction of sp³-hybridized carbons (Fsp3) is 0.250. The maximum absolute atomic E-state index is 5.98. The molecule has 29 heavy (non-hydrogen) atoms. The molecule has 0 aliphatic rings. The molecule has 0 aliphatic carbocycles. The van der Waals surface area contributed by atoms with Crippen molar-refractivity contribution >= 4 is 22.2 Å². The number of thiophene rings is 1. The molecule has 2 heterocycles. The highest BCUT2D eigenvalue weighted by Gasteiger charge is 2.09. The Bertz CT molecular complexity index is 1040. The van der Waals surface area contributed by atoms with E-state index in [0.717, 1.165) is 31.0 Å². The first kappa shape index (κ1) is 19.6. The molecular weight excluding hydrogens is 380 g/mol. The van der Waals surface area contributed by atoms with Crippen LogP contribution in [0.2, 0.25) is 0 Å². The molecule has 0 unspecified atom stereocenters. The lowest BCUT2D eigenvalue weighted by Crippen LogP contribution is -2.83. The van der Waals surface area contributed by atoms with E-state index in [9.17, 15) is 0 Å². The van der Waals surface area contributed by atoms with Gasteiger partial charge in [-0.05, 0) is 48.2 Å². The standard InChI is InChI=1S/C24H26N2O2S/c1-2-27-24-14-18(9-10-23(24)28-17-20-6-5-13-29-20)15-25-12-11-19-16-26-22-8-4-3-7-21(19)22/h3-10,13-14,16,25-26H,2,11-12,15,17H2,1H3/p+1. The first-order valence-electron chi connectivity index (χ1n) is 10.1. The maximum atomic E-state index is 5.98. The topological polar surface area (TPSA) is 50.9 Å². The third-order valence-electron chi connectivity index (χ3n) is 4.93. The summed E-state index contributed by atoms with van der Waals surface area (Å²) in [6, 6.07) is 18.9. The van der Waals surface area contributed by atoms with Crippen LogP contribution in [0.3, 0.4) is 0 Å². The van der Waals surface area contributed by atoms with Gasteiger partial charge in [-0.25, -0.2) is 0 Å². The van der Waals surface area contributed by atoms with E-state index in [1.165, 1.54) is 26.9 Å². The van der Waals surface area contributed by atoms with Gasteiger partial charge in [0.25, 0.3) is 0 Å². The van der Waals surface area contributed by atoms with Gasteiger partial charge in [0.2, 0.25) is 0 Å². The largest absolute Gasteiger partial charge is 0.490 e. The molecule has 4 rings (SSSR count). The van der Waals surface area contributed by atoms with Gasteiger partial charge in [0.1, 0.15) is 13.2 Å². The van der Waals surface area contributed by atoms with Crippen molar-refractivity contribution in [3.05, 3.63) is 82.2 Å². The van der Waals surface area contributed by atoms with E-state index in [-0.39, 0.29) is 0 Å². The number of para-hydroxylation sites is 1. The smallest absolute Gasteiger partial charge is 0.161 e. The monoisotopic (exact) mass is 407 g/mol. The summed E-state index contributed by atoms with van der Waals surface area (Å²) in [6.45, 7) is 5.18. The van der Waals surface area contributed by atoms with Crippen molar-refractivity contribution in [3.8, 4) is 11.5 Å². The molecule has 5 heteroatoms. The van der Waals surface area contributed by atoms with Crippen LogP contribution in [-0.2, 0) is 19.6 Å². The lowest BCUT2D eigenvalue weighted by molar-refractivity contribution is -0.670. The highest BCUT2D eigenvalue weighted by atomic mass is 32.1. The second-order valence-corrected chi connectivity index (χ2v) is 8.01. The van der Waals surface area contributed by atoms with Gasteiger partial charge in [-0.3, -0.25) is 0 Å². The molecule has 0 spiro atoms. The molecule has 4 nitrogen and oxygen atoms in total. The molecule has 0 aliphatic heterocycles. The number of quaternary nitrogens is 1. The quantitative estimate of drug-likeness (QED) is 0.380. The minimum Gasteiger partial charge on any atom is -0.490 e. The number of benzene rings is 2. The van der Waals surface area contributed by atoms with Crippen molar-refractivity contribution in [3.63, 3.8) is 0 Å². The van der Waals surface area contributed by atoms with Crippen molar-refractivity contribution in [2.24, 2.45) is 0 Å². The molecule has 0 saturated carbocycles. The summed E-state index contributed by atoms with van der Waals surface area (Å²) in [5, 5.41) is 5.74. The van der Waals surface area contributed by atoms with E-state index in [1.54, 1.807) is 11.3 Å². The highest BCUT2D eigenvalue weighted by Crippen LogP contribution is 2.29. The van der Waals surface area contributed by atoms with Crippen LogP contribution in [-0.4, -0.2) is 18.1 Å². The summed E-state index contributed by atoms with van der Waals surface area (Å²) < 4.78 is 11.8. The lowest BCUT2D eigenvalue weighted by Gasteiger charge is -2.13. The summed E-state index contributed by atoms with van der Waals surface area (Å²) in [7, 11) is 0. The Labute approximate surface area is 175 Å². The van der Waals surface area contributed by atoms with Gasteiger partial charge >= 0.3 is 0 Å². The third-order valence-corrected chi connectivity index (χ3v) is 5.78. The third kappa shape index (κ3) is 5.00. The zero-order valence-electron chi connectivity index (χ0n) is 16.7. The number of ether oxygens (including phenoxy) is 2. The molecule has 0 atom stereocenters. The Hall–Kier alpha value is -2.76. The van der Waals surface area contributed by atoms with Crippen molar-refractivity contribution in [1.82, 2.24) is 4.98 Å². The Morgan fingerprint density at radius 1 is 1.00 bits per heavy atom. The zero-order valence-corrected chi connectivity index (χ0v) is 17.5. The molecule has 3 N–H and O–H groups in total. The predicted octanol–water partition coefficient (Wildman–Crippen LogP) is 4.51. The Morgan fingerprint density at radius 2 is 1.93 bits per heavy atom. The van der Waals surface area contributed by atoms with Crippen molar-refractivity contribution in [1.29, 1.82) is 0 Å². The van der Waals surface area contributed by atoms with E-state index in [1.807, 2.05) is 19.1 Å². The summed E-state index contributed by atoms with van der Waals surface area (Å²) >= 11 is 1.70. The van der Waals surface area contributed by atoms with Crippen LogP contribution >= 0.6 is 11.3 Å². The summed E-state index contributed by atoms with van der Waals surface area (Å²) in [5.74, 6) is 1.63. The van der Waals surface area contributed by atoms with Crippen LogP contribution < -0.4 is 14.8 Å². The molecule has 4 aromatic rings. The van der Waals surface area contributed by atoms with Crippen molar-refractivity contribution in [2.75, 3.05) is 13.2 Å². The molecule has 0 fully saturated rings. The number of rotatable bonds is 10. The summed E-state index contributed by atoms with van der Waals surface area (Å²) in [4.78, 5) is 4.56. The number of hydrogen-bond acceptors (Lipinski definition) is 3. The van der Waals surface area contributed by atoms with Gasteiger partial charge in [0.05, 0.1) is 13.2 Å². The molecule has 0 saturated heterocycles. The fourth-order valence-corrected chi connectivity index (χ4v) is 4.09. The number of nitrogens with two attached hydrogens (primary N) is 1. The molecule has 150 valence electrons.